The van der Waals surface area contributed by atoms with Crippen molar-refractivity contribution in [1.29, 1.82) is 0 Å². The van der Waals surface area contributed by atoms with Crippen LogP contribution in [-0.4, -0.2) is 36.1 Å². The molecule has 1 aromatic carbocycles. The first-order valence-electron chi connectivity index (χ1n) is 7.92. The molecule has 2 N–H and O–H groups in total. The van der Waals surface area contributed by atoms with Gasteiger partial charge in [-0.1, -0.05) is 6.42 Å². The number of hydrogen-bond acceptors (Lipinski definition) is 2. The fourth-order valence-corrected chi connectivity index (χ4v) is 3.98. The number of carbonyl (C=O) groups is 1. The summed E-state index contributed by atoms with van der Waals surface area (Å²) in [7, 11) is 3.51. The van der Waals surface area contributed by atoms with Crippen LogP contribution in [0.1, 0.15) is 36.0 Å². The molecule has 2 aliphatic rings. The molecule has 118 valence electrons. The fourth-order valence-electron chi connectivity index (χ4n) is 3.71. The minimum atomic E-state index is 0.00855. The Morgan fingerprint density at radius 2 is 1.91 bits per heavy atom. The molecule has 2 saturated carbocycles. The van der Waals surface area contributed by atoms with E-state index in [1.807, 2.05) is 24.3 Å². The van der Waals surface area contributed by atoms with E-state index in [2.05, 4.69) is 10.6 Å². The minimum absolute atomic E-state index is 0.00855. The van der Waals surface area contributed by atoms with E-state index in [0.29, 0.717) is 16.7 Å². The molecule has 4 nitrogen and oxygen atoms in total. The Morgan fingerprint density at radius 1 is 1.18 bits per heavy atom. The molecule has 2 aliphatic carbocycles. The molecule has 1 aromatic rings. The maximum absolute atomic E-state index is 11.8. The van der Waals surface area contributed by atoms with Gasteiger partial charge in [-0.2, -0.15) is 0 Å². The second kappa shape index (κ2) is 6.24. The number of nitrogens with one attached hydrogen (secondary N) is 2. The molecule has 3 atom stereocenters. The highest BCUT2D eigenvalue weighted by Gasteiger charge is 2.39. The van der Waals surface area contributed by atoms with Crippen LogP contribution in [0.4, 0.5) is 5.69 Å². The van der Waals surface area contributed by atoms with Crippen LogP contribution in [0.15, 0.2) is 24.3 Å². The van der Waals surface area contributed by atoms with E-state index in [9.17, 15) is 4.79 Å². The zero-order valence-electron chi connectivity index (χ0n) is 13.1. The third kappa shape index (κ3) is 3.24. The van der Waals surface area contributed by atoms with Gasteiger partial charge >= 0.3 is 0 Å². The molecule has 3 rings (SSSR count). The number of rotatable bonds is 3. The Hall–Kier alpha value is -1.62. The topological polar surface area (TPSA) is 44.4 Å². The Bertz CT molecular complexity index is 570. The lowest BCUT2D eigenvalue weighted by Gasteiger charge is -2.24. The van der Waals surface area contributed by atoms with Gasteiger partial charge in [0, 0.05) is 31.4 Å². The van der Waals surface area contributed by atoms with Crippen molar-refractivity contribution in [2.45, 2.75) is 31.7 Å². The molecule has 0 radical (unpaired) electrons. The van der Waals surface area contributed by atoms with E-state index >= 15 is 0 Å². The first kappa shape index (κ1) is 15.3. The number of nitrogens with zero attached hydrogens (tertiary/aromatic N) is 1. The van der Waals surface area contributed by atoms with Crippen molar-refractivity contribution >= 4 is 28.9 Å². The van der Waals surface area contributed by atoms with Gasteiger partial charge in [-0.05, 0) is 67.6 Å². The van der Waals surface area contributed by atoms with Crippen LogP contribution in [0.25, 0.3) is 0 Å². The van der Waals surface area contributed by atoms with Crippen LogP contribution in [0, 0.1) is 11.8 Å². The molecule has 5 heteroatoms. The van der Waals surface area contributed by atoms with Gasteiger partial charge in [-0.15, -0.1) is 0 Å². The van der Waals surface area contributed by atoms with E-state index in [-0.39, 0.29) is 5.91 Å². The molecule has 2 fully saturated rings. The van der Waals surface area contributed by atoms with Crippen molar-refractivity contribution < 1.29 is 4.79 Å². The maximum Gasteiger partial charge on any atom is 0.253 e. The molecule has 1 amide bonds. The smallest absolute Gasteiger partial charge is 0.253 e. The summed E-state index contributed by atoms with van der Waals surface area (Å²) in [5, 5.41) is 7.36. The lowest BCUT2D eigenvalue weighted by molar-refractivity contribution is 0.0827. The van der Waals surface area contributed by atoms with Gasteiger partial charge in [-0.25, -0.2) is 0 Å². The summed E-state index contributed by atoms with van der Waals surface area (Å²) in [6, 6.07) is 7.97. The average molecular weight is 317 g/mol. The molecule has 0 heterocycles. The van der Waals surface area contributed by atoms with Crippen molar-refractivity contribution in [2.24, 2.45) is 11.8 Å². The molecule has 0 spiro atoms. The number of thiocarbonyl (C=S) groups is 1. The van der Waals surface area contributed by atoms with E-state index in [0.717, 1.165) is 17.5 Å². The van der Waals surface area contributed by atoms with Crippen LogP contribution in [-0.2, 0) is 0 Å². The quantitative estimate of drug-likeness (QED) is 0.842. The second-order valence-corrected chi connectivity index (χ2v) is 7.06. The van der Waals surface area contributed by atoms with Crippen molar-refractivity contribution in [3.8, 4) is 0 Å². The third-order valence-corrected chi connectivity index (χ3v) is 5.07. The molecular formula is C17H23N3OS. The first-order valence-corrected chi connectivity index (χ1v) is 8.33. The lowest BCUT2D eigenvalue weighted by atomic mass is 9.96. The van der Waals surface area contributed by atoms with Gasteiger partial charge < -0.3 is 15.5 Å². The Balaban J connectivity index is 1.54. The van der Waals surface area contributed by atoms with Crippen LogP contribution in [0.5, 0.6) is 0 Å². The van der Waals surface area contributed by atoms with E-state index in [4.69, 9.17) is 12.2 Å². The predicted octanol–water partition coefficient (Wildman–Crippen LogP) is 2.86. The Kier molecular flexibility index (Phi) is 4.34. The molecule has 0 aliphatic heterocycles. The number of fused-ring (bicyclic) bond motifs is 2. The summed E-state index contributed by atoms with van der Waals surface area (Å²) in [5.74, 6) is 1.71. The normalized spacial score (nSPS) is 25.8. The SMILES string of the molecule is CN(C)C(=O)c1ccc(NC(=S)N[C@@H]2C[C@H]3CC[C@@H]2C3)cc1. The van der Waals surface area contributed by atoms with Crippen molar-refractivity contribution in [3.05, 3.63) is 29.8 Å². The van der Waals surface area contributed by atoms with Gasteiger partial charge in [0.15, 0.2) is 5.11 Å². The molecule has 0 unspecified atom stereocenters. The summed E-state index contributed by atoms with van der Waals surface area (Å²) in [6.07, 6.45) is 5.35. The summed E-state index contributed by atoms with van der Waals surface area (Å²) < 4.78 is 0. The largest absolute Gasteiger partial charge is 0.359 e. The van der Waals surface area contributed by atoms with Gasteiger partial charge in [-0.3, -0.25) is 4.79 Å². The summed E-state index contributed by atoms with van der Waals surface area (Å²) in [5.41, 5.74) is 1.60. The van der Waals surface area contributed by atoms with Gasteiger partial charge in [0.1, 0.15) is 0 Å². The highest BCUT2D eigenvalue weighted by atomic mass is 32.1. The van der Waals surface area contributed by atoms with Crippen molar-refractivity contribution in [2.75, 3.05) is 19.4 Å². The highest BCUT2D eigenvalue weighted by Crippen LogP contribution is 2.44. The number of benzene rings is 1. The van der Waals surface area contributed by atoms with E-state index < -0.39 is 0 Å². The number of hydrogen-bond donors (Lipinski definition) is 2. The maximum atomic E-state index is 11.8. The van der Waals surface area contributed by atoms with Crippen LogP contribution in [0.3, 0.4) is 0 Å². The van der Waals surface area contributed by atoms with E-state index in [1.54, 1.807) is 19.0 Å². The Labute approximate surface area is 137 Å². The van der Waals surface area contributed by atoms with Gasteiger partial charge in [0.25, 0.3) is 5.91 Å². The Morgan fingerprint density at radius 3 is 2.45 bits per heavy atom. The predicted molar refractivity (Wildman–Crippen MR) is 93.1 cm³/mol. The lowest BCUT2D eigenvalue weighted by Crippen LogP contribution is -2.40. The minimum Gasteiger partial charge on any atom is -0.359 e. The van der Waals surface area contributed by atoms with Crippen molar-refractivity contribution in [3.63, 3.8) is 0 Å². The molecular weight excluding hydrogens is 294 g/mol. The third-order valence-electron chi connectivity index (χ3n) is 4.85. The molecule has 0 saturated heterocycles. The highest BCUT2D eigenvalue weighted by molar-refractivity contribution is 7.80. The number of carbonyl (C=O) groups excluding carboxylic acids is 1. The molecule has 22 heavy (non-hydrogen) atoms. The molecule has 0 aromatic heterocycles. The fraction of sp³-hybridized carbons (Fsp3) is 0.529. The average Bonchev–Trinajstić information content (AvgIpc) is 3.09. The van der Waals surface area contributed by atoms with E-state index in [1.165, 1.54) is 25.7 Å². The summed E-state index contributed by atoms with van der Waals surface area (Å²) in [6.45, 7) is 0. The number of amides is 1. The first-order chi connectivity index (χ1) is 10.5. The zero-order valence-corrected chi connectivity index (χ0v) is 14.0. The molecule has 2 bridgehead atoms. The number of anilines is 1. The monoisotopic (exact) mass is 317 g/mol. The second-order valence-electron chi connectivity index (χ2n) is 6.66. The summed E-state index contributed by atoms with van der Waals surface area (Å²) >= 11 is 5.42. The van der Waals surface area contributed by atoms with Crippen molar-refractivity contribution in [1.82, 2.24) is 10.2 Å². The zero-order chi connectivity index (χ0) is 15.7. The van der Waals surface area contributed by atoms with Crippen LogP contribution >= 0.6 is 12.2 Å². The van der Waals surface area contributed by atoms with Crippen LogP contribution < -0.4 is 10.6 Å². The standard InChI is InChI=1S/C17H23N3OS/c1-20(2)16(21)12-5-7-14(8-6-12)18-17(22)19-15-10-11-3-4-13(15)9-11/h5-8,11,13,15H,3-4,9-10H2,1-2H3,(H2,18,19,22)/t11-,13+,15+/m0/s1. The summed E-state index contributed by atoms with van der Waals surface area (Å²) in [4.78, 5) is 13.4. The van der Waals surface area contributed by atoms with Gasteiger partial charge in [0.05, 0.1) is 0 Å². The van der Waals surface area contributed by atoms with Crippen LogP contribution in [0.2, 0.25) is 0 Å². The van der Waals surface area contributed by atoms with Gasteiger partial charge in [0.2, 0.25) is 0 Å².